The van der Waals surface area contributed by atoms with Crippen molar-refractivity contribution in [2.24, 2.45) is 0 Å². The van der Waals surface area contributed by atoms with Crippen molar-refractivity contribution in [2.45, 2.75) is 6.42 Å². The number of aliphatic hydroxyl groups excluding tert-OH is 1. The lowest BCUT2D eigenvalue weighted by atomic mass is 10.4. The first-order valence-corrected chi connectivity index (χ1v) is 4.58. The number of carbonyl (C=O) groups is 1. The Labute approximate surface area is 108 Å². The quantitative estimate of drug-likeness (QED) is 0.387. The molecule has 0 aromatic heterocycles. The van der Waals surface area contributed by atoms with Crippen LogP contribution in [0.3, 0.4) is 0 Å². The maximum Gasteiger partial charge on any atom is 0.234 e. The molecule has 0 radical (unpaired) electrons. The monoisotopic (exact) mass is 327 g/mol. The average molecular weight is 327 g/mol. The van der Waals surface area contributed by atoms with Crippen LogP contribution >= 0.6 is 0 Å². The predicted molar refractivity (Wildman–Crippen MR) is 52.2 cm³/mol. The highest BCUT2D eigenvalue weighted by Gasteiger charge is 2.13. The van der Waals surface area contributed by atoms with E-state index in [4.69, 9.17) is 10.4 Å². The van der Waals surface area contributed by atoms with Crippen LogP contribution in [0, 0.1) is 11.3 Å². The van der Waals surface area contributed by atoms with Crippen LogP contribution in [0.25, 0.3) is 0 Å². The smallest absolute Gasteiger partial charge is 0.234 e. The van der Waals surface area contributed by atoms with Crippen LogP contribution in [0.5, 0.6) is 0 Å². The summed E-state index contributed by atoms with van der Waals surface area (Å²) in [6, 6.07) is 1.78. The van der Waals surface area contributed by atoms with Gasteiger partial charge in [0.2, 0.25) is 5.91 Å². The number of rotatable bonds is 6. The summed E-state index contributed by atoms with van der Waals surface area (Å²) in [5, 5.41) is 19.6. The van der Waals surface area contributed by atoms with Gasteiger partial charge in [-0.05, 0) is 0 Å². The lowest BCUT2D eigenvalue weighted by molar-refractivity contribution is -0.889. The standard InChI is InChI=1S/C9H17N3O2.HI/c1-12(2,7-8-13)6-5-11-9(14)3-4-10;/h13H,3,5-8H2,1-2H3;1H. The molecule has 2 N–H and O–H groups in total. The fourth-order valence-corrected chi connectivity index (χ4v) is 1.01. The van der Waals surface area contributed by atoms with E-state index in [0.717, 1.165) is 6.54 Å². The van der Waals surface area contributed by atoms with Gasteiger partial charge < -0.3 is 38.9 Å². The van der Waals surface area contributed by atoms with Crippen LogP contribution in [0.15, 0.2) is 0 Å². The van der Waals surface area contributed by atoms with Crippen LogP contribution in [-0.4, -0.2) is 55.8 Å². The molecule has 0 saturated heterocycles. The molecule has 6 heteroatoms. The van der Waals surface area contributed by atoms with E-state index in [1.54, 1.807) is 6.07 Å². The molecule has 15 heavy (non-hydrogen) atoms. The van der Waals surface area contributed by atoms with Gasteiger partial charge in [0.25, 0.3) is 0 Å². The Balaban J connectivity index is 0. The van der Waals surface area contributed by atoms with Gasteiger partial charge in [0.05, 0.1) is 39.9 Å². The number of halogens is 1. The minimum absolute atomic E-state index is 0. The normalized spacial score (nSPS) is 10.0. The highest BCUT2D eigenvalue weighted by molar-refractivity contribution is 5.77. The first-order valence-electron chi connectivity index (χ1n) is 4.58. The molecule has 1 amide bonds. The van der Waals surface area contributed by atoms with Gasteiger partial charge in [-0.25, -0.2) is 0 Å². The zero-order valence-corrected chi connectivity index (χ0v) is 11.3. The average Bonchev–Trinajstić information content (AvgIpc) is 2.03. The van der Waals surface area contributed by atoms with Crippen molar-refractivity contribution in [1.29, 1.82) is 5.26 Å². The first kappa shape index (κ1) is 17.0. The number of amides is 1. The lowest BCUT2D eigenvalue weighted by Crippen LogP contribution is -3.00. The SMILES string of the molecule is C[N+](C)(CCO)CCNC(=O)CC#N.[I-]. The number of hydrogen-bond donors (Lipinski definition) is 2. The van der Waals surface area contributed by atoms with Crippen LogP contribution in [-0.2, 0) is 4.79 Å². The number of nitriles is 1. The zero-order valence-electron chi connectivity index (χ0n) is 9.16. The molecule has 0 aliphatic heterocycles. The summed E-state index contributed by atoms with van der Waals surface area (Å²) in [7, 11) is 3.96. The fourth-order valence-electron chi connectivity index (χ4n) is 1.01. The van der Waals surface area contributed by atoms with E-state index in [9.17, 15) is 4.79 Å². The number of nitrogens with zero attached hydrogens (tertiary/aromatic N) is 2. The summed E-state index contributed by atoms with van der Waals surface area (Å²) < 4.78 is 0.656. The zero-order chi connectivity index (χ0) is 11.0. The Morgan fingerprint density at radius 1 is 1.47 bits per heavy atom. The van der Waals surface area contributed by atoms with E-state index in [1.165, 1.54) is 0 Å². The van der Waals surface area contributed by atoms with E-state index in [1.807, 2.05) is 14.1 Å². The molecular weight excluding hydrogens is 309 g/mol. The molecule has 0 unspecified atom stereocenters. The van der Waals surface area contributed by atoms with Crippen molar-refractivity contribution in [3.8, 4) is 6.07 Å². The Morgan fingerprint density at radius 3 is 2.53 bits per heavy atom. The molecule has 5 nitrogen and oxygen atoms in total. The van der Waals surface area contributed by atoms with Gasteiger partial charge >= 0.3 is 0 Å². The van der Waals surface area contributed by atoms with Gasteiger partial charge in [-0.2, -0.15) is 5.26 Å². The van der Waals surface area contributed by atoms with Crippen molar-refractivity contribution >= 4 is 5.91 Å². The number of aliphatic hydroxyl groups is 1. The summed E-state index contributed by atoms with van der Waals surface area (Å²) in [6.45, 7) is 2.08. The highest BCUT2D eigenvalue weighted by Crippen LogP contribution is 1.93. The molecule has 0 atom stereocenters. The molecule has 0 saturated carbocycles. The van der Waals surface area contributed by atoms with Gasteiger partial charge in [0.15, 0.2) is 0 Å². The second-order valence-corrected chi connectivity index (χ2v) is 3.79. The third-order valence-electron chi connectivity index (χ3n) is 1.98. The number of nitrogens with one attached hydrogen (secondary N) is 1. The van der Waals surface area contributed by atoms with E-state index in [2.05, 4.69) is 5.32 Å². The van der Waals surface area contributed by atoms with Crippen molar-refractivity contribution in [3.05, 3.63) is 0 Å². The third-order valence-corrected chi connectivity index (χ3v) is 1.98. The largest absolute Gasteiger partial charge is 1.00 e. The molecule has 0 rings (SSSR count). The Bertz CT molecular complexity index is 226. The van der Waals surface area contributed by atoms with E-state index < -0.39 is 0 Å². The molecule has 0 aromatic rings. The summed E-state index contributed by atoms with van der Waals surface area (Å²) in [6.07, 6.45) is -0.0899. The summed E-state index contributed by atoms with van der Waals surface area (Å²) in [5.41, 5.74) is 0. The molecule has 0 heterocycles. The topological polar surface area (TPSA) is 73.1 Å². The van der Waals surface area contributed by atoms with Crippen LogP contribution in [0.2, 0.25) is 0 Å². The molecule has 0 fully saturated rings. The Kier molecular flexibility index (Phi) is 10.1. The summed E-state index contributed by atoms with van der Waals surface area (Å²) >= 11 is 0. The van der Waals surface area contributed by atoms with Crippen molar-refractivity contribution in [2.75, 3.05) is 40.3 Å². The van der Waals surface area contributed by atoms with Crippen molar-refractivity contribution in [1.82, 2.24) is 5.32 Å². The second-order valence-electron chi connectivity index (χ2n) is 3.79. The van der Waals surface area contributed by atoms with E-state index in [0.29, 0.717) is 17.6 Å². The number of hydrogen-bond acceptors (Lipinski definition) is 3. The Hall–Kier alpha value is -0.390. The van der Waals surface area contributed by atoms with Crippen LogP contribution in [0.4, 0.5) is 0 Å². The van der Waals surface area contributed by atoms with E-state index in [-0.39, 0.29) is 42.9 Å². The molecule has 0 aromatic carbocycles. The molecular formula is C9H18IN3O2. The molecule has 88 valence electrons. The molecule has 0 bridgehead atoms. The van der Waals surface area contributed by atoms with E-state index >= 15 is 0 Å². The molecule has 0 aliphatic carbocycles. The number of likely N-dealkylation sites (N-methyl/N-ethyl adjacent to an activating group) is 1. The fraction of sp³-hybridized carbons (Fsp3) is 0.778. The maximum absolute atomic E-state index is 10.9. The van der Waals surface area contributed by atoms with Gasteiger partial charge in [0, 0.05) is 0 Å². The third kappa shape index (κ3) is 9.90. The maximum atomic E-state index is 10.9. The number of quaternary nitrogens is 1. The molecule has 0 spiro atoms. The first-order chi connectivity index (χ1) is 6.52. The van der Waals surface area contributed by atoms with Crippen LogP contribution < -0.4 is 29.3 Å². The number of carbonyl (C=O) groups excluding carboxylic acids is 1. The minimum atomic E-state index is -0.239. The highest BCUT2D eigenvalue weighted by atomic mass is 127. The van der Waals surface area contributed by atoms with Crippen molar-refractivity contribution in [3.63, 3.8) is 0 Å². The second kappa shape index (κ2) is 8.88. The van der Waals surface area contributed by atoms with Gasteiger partial charge in [-0.3, -0.25) is 4.79 Å². The minimum Gasteiger partial charge on any atom is -1.00 e. The van der Waals surface area contributed by atoms with Gasteiger partial charge in [0.1, 0.15) is 13.0 Å². The predicted octanol–water partition coefficient (Wildman–Crippen LogP) is -3.91. The lowest BCUT2D eigenvalue weighted by Gasteiger charge is -2.28. The van der Waals surface area contributed by atoms with Crippen molar-refractivity contribution < 1.29 is 38.4 Å². The van der Waals surface area contributed by atoms with Crippen LogP contribution in [0.1, 0.15) is 6.42 Å². The molecule has 0 aliphatic rings. The van der Waals surface area contributed by atoms with Gasteiger partial charge in [-0.1, -0.05) is 0 Å². The van der Waals surface area contributed by atoms with Gasteiger partial charge in [-0.15, -0.1) is 0 Å². The summed E-state index contributed by atoms with van der Waals surface area (Å²) in [5.74, 6) is -0.239. The Morgan fingerprint density at radius 2 is 2.07 bits per heavy atom. The summed E-state index contributed by atoms with van der Waals surface area (Å²) in [4.78, 5) is 10.9.